The molecule has 0 bridgehead atoms. The molecule has 0 aliphatic heterocycles. The lowest BCUT2D eigenvalue weighted by Gasteiger charge is -1.99. The summed E-state index contributed by atoms with van der Waals surface area (Å²) >= 11 is 0. The van der Waals surface area contributed by atoms with Crippen LogP contribution in [-0.2, 0) is 6.54 Å². The monoisotopic (exact) mass is 267 g/mol. The van der Waals surface area contributed by atoms with E-state index in [1.165, 1.54) is 0 Å². The van der Waals surface area contributed by atoms with E-state index in [-0.39, 0.29) is 12.4 Å². The Hall–Kier alpha value is -1.39. The molecule has 5 heteroatoms. The Morgan fingerprint density at radius 2 is 1.94 bits per heavy atom. The molecule has 0 aliphatic rings. The molecule has 1 aromatic heterocycles. The summed E-state index contributed by atoms with van der Waals surface area (Å²) in [4.78, 5) is 4.40. The topological polar surface area (TPSA) is 64.9 Å². The summed E-state index contributed by atoms with van der Waals surface area (Å²) in [7, 11) is 0. The van der Waals surface area contributed by atoms with Crippen LogP contribution < -0.4 is 5.73 Å². The Morgan fingerprint density at radius 1 is 1.28 bits per heavy atom. The van der Waals surface area contributed by atoms with Crippen LogP contribution in [0.2, 0.25) is 0 Å². The number of aromatic nitrogens is 2. The van der Waals surface area contributed by atoms with E-state index in [9.17, 15) is 0 Å². The molecule has 2 aromatic rings. The second-order valence-electron chi connectivity index (χ2n) is 4.17. The van der Waals surface area contributed by atoms with Crippen LogP contribution in [0.15, 0.2) is 28.8 Å². The Bertz CT molecular complexity index is 481. The summed E-state index contributed by atoms with van der Waals surface area (Å²) in [6, 6.07) is 7.89. The van der Waals surface area contributed by atoms with Crippen LogP contribution in [0.25, 0.3) is 11.4 Å². The van der Waals surface area contributed by atoms with Gasteiger partial charge in [-0.3, -0.25) is 0 Å². The number of halogens is 1. The molecule has 1 heterocycles. The van der Waals surface area contributed by atoms with Gasteiger partial charge in [0.25, 0.3) is 0 Å². The van der Waals surface area contributed by atoms with E-state index in [0.717, 1.165) is 17.5 Å². The van der Waals surface area contributed by atoms with Crippen molar-refractivity contribution < 1.29 is 4.52 Å². The molecule has 0 saturated heterocycles. The van der Waals surface area contributed by atoms with E-state index in [0.29, 0.717) is 24.2 Å². The summed E-state index contributed by atoms with van der Waals surface area (Å²) in [6.07, 6.45) is 0.994. The summed E-state index contributed by atoms with van der Waals surface area (Å²) < 4.78 is 5.24. The molecule has 0 spiro atoms. The fourth-order valence-corrected chi connectivity index (χ4v) is 1.52. The van der Waals surface area contributed by atoms with Gasteiger partial charge in [0.15, 0.2) is 0 Å². The lowest BCUT2D eigenvalue weighted by atomic mass is 10.1. The van der Waals surface area contributed by atoms with Gasteiger partial charge in [0.2, 0.25) is 11.7 Å². The van der Waals surface area contributed by atoms with Crippen molar-refractivity contribution in [3.8, 4) is 11.4 Å². The van der Waals surface area contributed by atoms with Gasteiger partial charge in [-0.15, -0.1) is 12.4 Å². The van der Waals surface area contributed by atoms with Crippen LogP contribution in [0.1, 0.15) is 37.6 Å². The Morgan fingerprint density at radius 3 is 2.50 bits per heavy atom. The average molecular weight is 268 g/mol. The Kier molecular flexibility index (Phi) is 5.31. The summed E-state index contributed by atoms with van der Waals surface area (Å²) in [5.41, 5.74) is 7.61. The number of hydrogen-bond donors (Lipinski definition) is 1. The van der Waals surface area contributed by atoms with Gasteiger partial charge in [-0.1, -0.05) is 43.3 Å². The highest BCUT2D eigenvalue weighted by Gasteiger charge is 2.13. The van der Waals surface area contributed by atoms with Crippen molar-refractivity contribution >= 4 is 12.4 Å². The molecule has 0 radical (unpaired) electrons. The molecule has 1 aromatic carbocycles. The standard InChI is InChI=1S/C13H17N3O.ClH/c1-3-9(2)13-15-12(16-17-13)11-6-4-10(8-14)5-7-11;/h4-7,9H,3,8,14H2,1-2H3;1H. The first-order valence-corrected chi connectivity index (χ1v) is 5.87. The van der Waals surface area contributed by atoms with Crippen molar-refractivity contribution in [2.75, 3.05) is 0 Å². The van der Waals surface area contributed by atoms with E-state index < -0.39 is 0 Å². The molecular formula is C13H18ClN3O. The zero-order valence-corrected chi connectivity index (χ0v) is 11.4. The van der Waals surface area contributed by atoms with E-state index in [2.05, 4.69) is 24.0 Å². The largest absolute Gasteiger partial charge is 0.339 e. The molecule has 18 heavy (non-hydrogen) atoms. The van der Waals surface area contributed by atoms with E-state index in [4.69, 9.17) is 10.3 Å². The Labute approximate surface area is 113 Å². The molecule has 0 aliphatic carbocycles. The van der Waals surface area contributed by atoms with Crippen molar-refractivity contribution in [1.29, 1.82) is 0 Å². The fraction of sp³-hybridized carbons (Fsp3) is 0.385. The minimum Gasteiger partial charge on any atom is -0.339 e. The number of rotatable bonds is 4. The van der Waals surface area contributed by atoms with Crippen molar-refractivity contribution in [2.24, 2.45) is 5.73 Å². The molecule has 4 nitrogen and oxygen atoms in total. The maximum absolute atomic E-state index is 5.55. The van der Waals surface area contributed by atoms with E-state index in [1.54, 1.807) is 0 Å². The molecule has 1 atom stereocenters. The van der Waals surface area contributed by atoms with Crippen molar-refractivity contribution in [3.63, 3.8) is 0 Å². The van der Waals surface area contributed by atoms with Crippen LogP contribution in [0.5, 0.6) is 0 Å². The predicted octanol–water partition coefficient (Wildman–Crippen LogP) is 3.13. The van der Waals surface area contributed by atoms with Crippen LogP contribution >= 0.6 is 12.4 Å². The maximum Gasteiger partial charge on any atom is 0.229 e. The van der Waals surface area contributed by atoms with Crippen molar-refractivity contribution in [1.82, 2.24) is 10.1 Å². The lowest BCUT2D eigenvalue weighted by Crippen LogP contribution is -1.95. The third kappa shape index (κ3) is 3.09. The number of hydrogen-bond acceptors (Lipinski definition) is 4. The second-order valence-corrected chi connectivity index (χ2v) is 4.17. The highest BCUT2D eigenvalue weighted by atomic mass is 35.5. The molecule has 0 amide bonds. The number of benzene rings is 1. The SMILES string of the molecule is CCC(C)c1nc(-c2ccc(CN)cc2)no1.Cl. The van der Waals surface area contributed by atoms with Crippen LogP contribution in [0.3, 0.4) is 0 Å². The van der Waals surface area contributed by atoms with Crippen LogP contribution in [0, 0.1) is 0 Å². The highest BCUT2D eigenvalue weighted by molar-refractivity contribution is 5.85. The van der Waals surface area contributed by atoms with Gasteiger partial charge < -0.3 is 10.3 Å². The molecule has 0 saturated carbocycles. The molecule has 2 N–H and O–H groups in total. The van der Waals surface area contributed by atoms with E-state index in [1.807, 2.05) is 24.3 Å². The molecule has 2 rings (SSSR count). The minimum atomic E-state index is 0. The van der Waals surface area contributed by atoms with Crippen LogP contribution in [-0.4, -0.2) is 10.1 Å². The van der Waals surface area contributed by atoms with Crippen LogP contribution in [0.4, 0.5) is 0 Å². The quantitative estimate of drug-likeness (QED) is 0.924. The second kappa shape index (κ2) is 6.52. The summed E-state index contributed by atoms with van der Waals surface area (Å²) in [5, 5.41) is 3.99. The summed E-state index contributed by atoms with van der Waals surface area (Å²) in [6.45, 7) is 4.73. The van der Waals surface area contributed by atoms with Crippen molar-refractivity contribution in [3.05, 3.63) is 35.7 Å². The molecule has 98 valence electrons. The molecular weight excluding hydrogens is 250 g/mol. The van der Waals surface area contributed by atoms with Gasteiger partial charge in [-0.25, -0.2) is 0 Å². The first-order chi connectivity index (χ1) is 8.24. The number of nitrogens with two attached hydrogens (primary N) is 1. The van der Waals surface area contributed by atoms with Gasteiger partial charge in [0, 0.05) is 18.0 Å². The lowest BCUT2D eigenvalue weighted by molar-refractivity contribution is 0.357. The third-order valence-corrected chi connectivity index (χ3v) is 2.92. The first-order valence-electron chi connectivity index (χ1n) is 5.87. The summed E-state index contributed by atoms with van der Waals surface area (Å²) in [5.74, 6) is 1.65. The minimum absolute atomic E-state index is 0. The van der Waals surface area contributed by atoms with Gasteiger partial charge >= 0.3 is 0 Å². The van der Waals surface area contributed by atoms with Gasteiger partial charge in [-0.2, -0.15) is 4.98 Å². The average Bonchev–Trinajstić information content (AvgIpc) is 2.87. The smallest absolute Gasteiger partial charge is 0.229 e. The predicted molar refractivity (Wildman–Crippen MR) is 73.6 cm³/mol. The molecule has 1 unspecified atom stereocenters. The van der Waals surface area contributed by atoms with Gasteiger partial charge in [0.1, 0.15) is 0 Å². The zero-order chi connectivity index (χ0) is 12.3. The Balaban J connectivity index is 0.00000162. The maximum atomic E-state index is 5.55. The third-order valence-electron chi connectivity index (χ3n) is 2.92. The van der Waals surface area contributed by atoms with Gasteiger partial charge in [0.05, 0.1) is 0 Å². The zero-order valence-electron chi connectivity index (χ0n) is 10.6. The number of nitrogens with zero attached hydrogens (tertiary/aromatic N) is 2. The normalized spacial score (nSPS) is 11.9. The first kappa shape index (κ1) is 14.7. The highest BCUT2D eigenvalue weighted by Crippen LogP contribution is 2.21. The fourth-order valence-electron chi connectivity index (χ4n) is 1.52. The van der Waals surface area contributed by atoms with E-state index >= 15 is 0 Å². The van der Waals surface area contributed by atoms with Crippen molar-refractivity contribution in [2.45, 2.75) is 32.7 Å². The van der Waals surface area contributed by atoms with Gasteiger partial charge in [-0.05, 0) is 12.0 Å². The molecule has 0 fully saturated rings.